The number of alkyl halides is 3. The third-order valence-electron chi connectivity index (χ3n) is 5.56. The van der Waals surface area contributed by atoms with E-state index in [2.05, 4.69) is 10.1 Å². The minimum Gasteiger partial charge on any atom is -0.497 e. The zero-order valence-electron chi connectivity index (χ0n) is 22.2. The Labute approximate surface area is 229 Å². The van der Waals surface area contributed by atoms with E-state index in [1.807, 2.05) is 0 Å². The topological polar surface area (TPSA) is 95.5 Å². The Morgan fingerprint density at radius 3 is 2.05 bits per heavy atom. The summed E-state index contributed by atoms with van der Waals surface area (Å²) in [4.78, 5) is 12.5. The van der Waals surface area contributed by atoms with Gasteiger partial charge < -0.3 is 34.1 Å². The first-order chi connectivity index (χ1) is 19.1. The quantitative estimate of drug-likeness (QED) is 0.174. The van der Waals surface area contributed by atoms with Crippen molar-refractivity contribution in [1.29, 1.82) is 0 Å². The summed E-state index contributed by atoms with van der Waals surface area (Å²) in [5.41, 5.74) is 2.31. The van der Waals surface area contributed by atoms with E-state index in [0.717, 1.165) is 5.56 Å². The lowest BCUT2D eigenvalue weighted by Gasteiger charge is -2.14. The van der Waals surface area contributed by atoms with E-state index in [1.54, 1.807) is 48.5 Å². The Morgan fingerprint density at radius 1 is 0.900 bits per heavy atom. The molecule has 3 aromatic carbocycles. The first kappa shape index (κ1) is 30.3. The van der Waals surface area contributed by atoms with E-state index in [0.29, 0.717) is 40.5 Å². The van der Waals surface area contributed by atoms with Gasteiger partial charge in [0, 0.05) is 19.2 Å². The van der Waals surface area contributed by atoms with Crippen LogP contribution in [0.2, 0.25) is 0 Å². The molecule has 3 aromatic rings. The van der Waals surface area contributed by atoms with Crippen molar-refractivity contribution in [2.75, 3.05) is 34.5 Å². The molecular formula is C29H30F3NO7. The van der Waals surface area contributed by atoms with Gasteiger partial charge in [0.05, 0.1) is 26.9 Å². The number of esters is 1. The molecule has 11 heteroatoms. The molecule has 0 aromatic heterocycles. The number of hydrogen-bond donors (Lipinski definition) is 2. The van der Waals surface area contributed by atoms with Crippen molar-refractivity contribution in [3.05, 3.63) is 83.4 Å². The summed E-state index contributed by atoms with van der Waals surface area (Å²) in [6, 6.07) is 17.4. The number of carbonyl (C=O) groups is 1. The highest BCUT2D eigenvalue weighted by atomic mass is 19.4. The number of aliphatic hydroxyl groups excluding tert-OH is 1. The van der Waals surface area contributed by atoms with Crippen LogP contribution in [0.25, 0.3) is 11.6 Å². The normalized spacial score (nSPS) is 12.4. The highest BCUT2D eigenvalue weighted by Gasteiger charge is 2.30. The third kappa shape index (κ3) is 9.51. The predicted octanol–water partition coefficient (Wildman–Crippen LogP) is 4.85. The van der Waals surface area contributed by atoms with E-state index in [4.69, 9.17) is 18.9 Å². The summed E-state index contributed by atoms with van der Waals surface area (Å²) >= 11 is 0. The van der Waals surface area contributed by atoms with Gasteiger partial charge in [0.1, 0.15) is 35.7 Å². The Balaban J connectivity index is 1.55. The van der Waals surface area contributed by atoms with Gasteiger partial charge in [0.2, 0.25) is 0 Å². The van der Waals surface area contributed by atoms with Gasteiger partial charge in [-0.25, -0.2) is 4.79 Å². The van der Waals surface area contributed by atoms with Gasteiger partial charge in [-0.2, -0.15) is 0 Å². The third-order valence-corrected chi connectivity index (χ3v) is 5.56. The second-order valence-electron chi connectivity index (χ2n) is 8.51. The van der Waals surface area contributed by atoms with Gasteiger partial charge in [0.25, 0.3) is 0 Å². The zero-order chi connectivity index (χ0) is 29.1. The van der Waals surface area contributed by atoms with Gasteiger partial charge in [0.15, 0.2) is 0 Å². The van der Waals surface area contributed by atoms with Crippen molar-refractivity contribution in [3.8, 4) is 23.0 Å². The van der Waals surface area contributed by atoms with Crippen LogP contribution in [0.4, 0.5) is 13.2 Å². The van der Waals surface area contributed by atoms with Crippen LogP contribution in [0.1, 0.15) is 16.7 Å². The summed E-state index contributed by atoms with van der Waals surface area (Å²) in [5.74, 6) is 0.792. The number of aliphatic hydroxyl groups is 1. The van der Waals surface area contributed by atoms with Crippen LogP contribution in [0.5, 0.6) is 23.0 Å². The van der Waals surface area contributed by atoms with Gasteiger partial charge in [-0.15, -0.1) is 13.2 Å². The zero-order valence-corrected chi connectivity index (χ0v) is 22.2. The number of benzene rings is 3. The fourth-order valence-corrected chi connectivity index (χ4v) is 3.62. The summed E-state index contributed by atoms with van der Waals surface area (Å²) < 4.78 is 61.8. The minimum atomic E-state index is -4.74. The van der Waals surface area contributed by atoms with Gasteiger partial charge >= 0.3 is 12.3 Å². The van der Waals surface area contributed by atoms with Crippen LogP contribution in [-0.2, 0) is 16.1 Å². The highest BCUT2D eigenvalue weighted by Crippen LogP contribution is 2.28. The fraction of sp³-hybridized carbons (Fsp3) is 0.276. The molecule has 0 bridgehead atoms. The summed E-state index contributed by atoms with van der Waals surface area (Å²) in [6.45, 7) is 0.520. The molecule has 0 saturated carbocycles. The average Bonchev–Trinajstić information content (AvgIpc) is 2.94. The van der Waals surface area contributed by atoms with Gasteiger partial charge in [-0.1, -0.05) is 24.3 Å². The molecule has 0 radical (unpaired) electrons. The van der Waals surface area contributed by atoms with Gasteiger partial charge in [-0.3, -0.25) is 0 Å². The molecule has 2 N–H and O–H groups in total. The molecule has 8 nitrogen and oxygen atoms in total. The molecule has 0 aliphatic carbocycles. The number of methoxy groups -OCH3 is 3. The summed E-state index contributed by atoms with van der Waals surface area (Å²) in [7, 11) is 4.37. The van der Waals surface area contributed by atoms with E-state index in [1.165, 1.54) is 45.6 Å². The fourth-order valence-electron chi connectivity index (χ4n) is 3.62. The first-order valence-corrected chi connectivity index (χ1v) is 12.1. The number of halogens is 3. The van der Waals surface area contributed by atoms with Crippen molar-refractivity contribution < 1.29 is 46.8 Å². The van der Waals surface area contributed by atoms with E-state index in [9.17, 15) is 23.1 Å². The number of hydrogen-bond acceptors (Lipinski definition) is 8. The minimum absolute atomic E-state index is 0.00594. The van der Waals surface area contributed by atoms with Crippen LogP contribution >= 0.6 is 0 Å². The largest absolute Gasteiger partial charge is 0.573 e. The highest BCUT2D eigenvalue weighted by molar-refractivity contribution is 6.21. The van der Waals surface area contributed by atoms with Crippen LogP contribution in [0.15, 0.2) is 66.7 Å². The Bertz CT molecular complexity index is 1250. The average molecular weight is 562 g/mol. The van der Waals surface area contributed by atoms with E-state index < -0.39 is 18.4 Å². The van der Waals surface area contributed by atoms with Crippen LogP contribution in [0.3, 0.4) is 0 Å². The molecule has 0 aliphatic heterocycles. The van der Waals surface area contributed by atoms with E-state index in [-0.39, 0.29) is 18.9 Å². The van der Waals surface area contributed by atoms with Crippen LogP contribution < -0.4 is 24.3 Å². The molecule has 0 spiro atoms. The molecule has 3 rings (SSSR count). The van der Waals surface area contributed by atoms with Crippen LogP contribution in [-0.4, -0.2) is 58.0 Å². The van der Waals surface area contributed by atoms with Crippen molar-refractivity contribution in [2.45, 2.75) is 19.0 Å². The molecule has 1 unspecified atom stereocenters. The monoisotopic (exact) mass is 561 g/mol. The lowest BCUT2D eigenvalue weighted by molar-refractivity contribution is -0.274. The second-order valence-corrected chi connectivity index (χ2v) is 8.51. The molecule has 1 atom stereocenters. The lowest BCUT2D eigenvalue weighted by Crippen LogP contribution is -2.31. The van der Waals surface area contributed by atoms with Gasteiger partial charge in [-0.05, 0) is 59.2 Å². The Hall–Kier alpha value is -4.22. The van der Waals surface area contributed by atoms with Crippen molar-refractivity contribution in [2.24, 2.45) is 0 Å². The molecule has 0 saturated heterocycles. The number of carbonyl (C=O) groups excluding carboxylic acids is 1. The standard InChI is InChI=1S/C29H30F3NO7/c1-36-25-12-20(13-26(15-25)37-2)14-27(28(35)38-3)21-6-10-23(11-7-21)39-18-22(34)17-33-16-19-4-8-24(9-5-19)40-29(30,31)32/h4-15,22,33-34H,16-18H2,1-3H3/b27-14+. The number of ether oxygens (including phenoxy) is 5. The first-order valence-electron chi connectivity index (χ1n) is 12.1. The molecule has 0 amide bonds. The molecule has 0 aliphatic rings. The number of nitrogens with one attached hydrogen (secondary N) is 1. The maximum absolute atomic E-state index is 12.5. The van der Waals surface area contributed by atoms with E-state index >= 15 is 0 Å². The number of rotatable bonds is 13. The molecular weight excluding hydrogens is 531 g/mol. The van der Waals surface area contributed by atoms with Crippen molar-refractivity contribution in [1.82, 2.24) is 5.32 Å². The summed E-state index contributed by atoms with van der Waals surface area (Å²) in [5, 5.41) is 13.3. The molecule has 0 heterocycles. The summed E-state index contributed by atoms with van der Waals surface area (Å²) in [6.07, 6.45) is -3.92. The Morgan fingerprint density at radius 2 is 1.50 bits per heavy atom. The smallest absolute Gasteiger partial charge is 0.497 e. The Kier molecular flexibility index (Phi) is 10.8. The van der Waals surface area contributed by atoms with Crippen molar-refractivity contribution >= 4 is 17.6 Å². The van der Waals surface area contributed by atoms with Crippen LogP contribution in [0, 0.1) is 0 Å². The maximum Gasteiger partial charge on any atom is 0.573 e. The molecule has 40 heavy (non-hydrogen) atoms. The maximum atomic E-state index is 12.5. The predicted molar refractivity (Wildman–Crippen MR) is 142 cm³/mol. The molecule has 214 valence electrons. The SMILES string of the molecule is COC(=O)/C(=C/c1cc(OC)cc(OC)c1)c1ccc(OCC(O)CNCc2ccc(OC(F)(F)F)cc2)cc1. The second kappa shape index (κ2) is 14.2. The lowest BCUT2D eigenvalue weighted by atomic mass is 10.0. The van der Waals surface area contributed by atoms with Crippen molar-refractivity contribution in [3.63, 3.8) is 0 Å². The molecule has 0 fully saturated rings.